The van der Waals surface area contributed by atoms with E-state index >= 15 is 0 Å². The lowest BCUT2D eigenvalue weighted by atomic mass is 10.1. The topological polar surface area (TPSA) is 41.6 Å². The highest BCUT2D eigenvalue weighted by molar-refractivity contribution is 9.10. The zero-order valence-corrected chi connectivity index (χ0v) is 14.6. The van der Waals surface area contributed by atoms with Crippen LogP contribution in [0.15, 0.2) is 28.7 Å². The fourth-order valence-corrected chi connectivity index (χ4v) is 2.24. The van der Waals surface area contributed by atoms with Gasteiger partial charge in [-0.1, -0.05) is 28.1 Å². The van der Waals surface area contributed by atoms with E-state index in [1.54, 1.807) is 12.0 Å². The van der Waals surface area contributed by atoms with Crippen molar-refractivity contribution < 1.29 is 9.53 Å². The average Bonchev–Trinajstić information content (AvgIpc) is 2.46. The van der Waals surface area contributed by atoms with Crippen LogP contribution in [-0.2, 0) is 11.2 Å². The van der Waals surface area contributed by atoms with Gasteiger partial charge in [-0.05, 0) is 43.9 Å². The predicted molar refractivity (Wildman–Crippen MR) is 89.6 cm³/mol. The molecule has 0 saturated heterocycles. The third kappa shape index (κ3) is 7.48. The summed E-state index contributed by atoms with van der Waals surface area (Å²) < 4.78 is 6.08. The highest BCUT2D eigenvalue weighted by Gasteiger charge is 2.11. The van der Waals surface area contributed by atoms with Crippen molar-refractivity contribution in [2.45, 2.75) is 32.2 Å². The molecule has 1 unspecified atom stereocenters. The van der Waals surface area contributed by atoms with E-state index in [9.17, 15) is 4.79 Å². The van der Waals surface area contributed by atoms with Crippen LogP contribution < -0.4 is 5.32 Å². The Balaban J connectivity index is 2.27. The Morgan fingerprint density at radius 1 is 1.38 bits per heavy atom. The van der Waals surface area contributed by atoms with Gasteiger partial charge in [0, 0.05) is 37.8 Å². The van der Waals surface area contributed by atoms with Gasteiger partial charge in [0.15, 0.2) is 0 Å². The van der Waals surface area contributed by atoms with E-state index < -0.39 is 0 Å². The molecule has 1 rings (SSSR count). The molecule has 0 spiro atoms. The van der Waals surface area contributed by atoms with Crippen LogP contribution in [0.3, 0.4) is 0 Å². The van der Waals surface area contributed by atoms with E-state index in [4.69, 9.17) is 4.74 Å². The third-order valence-corrected chi connectivity index (χ3v) is 3.87. The third-order valence-electron chi connectivity index (χ3n) is 3.34. The maximum atomic E-state index is 12.0. The summed E-state index contributed by atoms with van der Waals surface area (Å²) in [7, 11) is 3.48. The molecule has 0 saturated carbocycles. The van der Waals surface area contributed by atoms with Crippen molar-refractivity contribution in [1.82, 2.24) is 10.2 Å². The van der Waals surface area contributed by atoms with Crippen LogP contribution in [0.5, 0.6) is 0 Å². The first-order valence-electron chi connectivity index (χ1n) is 7.28. The monoisotopic (exact) mass is 356 g/mol. The minimum absolute atomic E-state index is 0.0191. The maximum Gasteiger partial charge on any atom is 0.317 e. The molecule has 0 fully saturated rings. The van der Waals surface area contributed by atoms with Gasteiger partial charge >= 0.3 is 6.03 Å². The molecule has 1 aromatic carbocycles. The number of carbonyl (C=O) groups excluding carboxylic acids is 1. The normalized spacial score (nSPS) is 12.0. The van der Waals surface area contributed by atoms with Gasteiger partial charge in [-0.3, -0.25) is 0 Å². The summed E-state index contributed by atoms with van der Waals surface area (Å²) in [5.41, 5.74) is 1.28. The number of hydrogen-bond acceptors (Lipinski definition) is 2. The van der Waals surface area contributed by atoms with E-state index in [-0.39, 0.29) is 12.1 Å². The lowest BCUT2D eigenvalue weighted by molar-refractivity contribution is 0.174. The van der Waals surface area contributed by atoms with Gasteiger partial charge in [0.05, 0.1) is 0 Å². The van der Waals surface area contributed by atoms with Crippen molar-refractivity contribution in [3.63, 3.8) is 0 Å². The Bertz CT molecular complexity index is 423. The zero-order valence-electron chi connectivity index (χ0n) is 13.1. The molecule has 0 aliphatic rings. The zero-order chi connectivity index (χ0) is 15.7. The summed E-state index contributed by atoms with van der Waals surface area (Å²) in [6.45, 7) is 3.43. The van der Waals surface area contributed by atoms with Crippen LogP contribution in [0.4, 0.5) is 4.79 Å². The summed E-state index contributed by atoms with van der Waals surface area (Å²) in [5.74, 6) is 0. The van der Waals surface area contributed by atoms with Crippen molar-refractivity contribution in [2.24, 2.45) is 0 Å². The lowest BCUT2D eigenvalue weighted by Crippen LogP contribution is -2.42. The molecule has 0 aliphatic carbocycles. The number of halogens is 1. The summed E-state index contributed by atoms with van der Waals surface area (Å²) in [6, 6.07) is 8.44. The number of aryl methyl sites for hydroxylation is 1. The van der Waals surface area contributed by atoms with Gasteiger partial charge < -0.3 is 15.0 Å². The largest absolute Gasteiger partial charge is 0.385 e. The molecule has 0 bridgehead atoms. The van der Waals surface area contributed by atoms with Gasteiger partial charge in [-0.2, -0.15) is 0 Å². The van der Waals surface area contributed by atoms with Crippen molar-refractivity contribution in [1.29, 1.82) is 0 Å². The SMILES string of the molecule is COCCCN(C)C(=O)NC(C)CCc1ccc(Br)cc1. The molecule has 1 atom stereocenters. The van der Waals surface area contributed by atoms with Crippen molar-refractivity contribution >= 4 is 22.0 Å². The van der Waals surface area contributed by atoms with Crippen LogP contribution in [0.25, 0.3) is 0 Å². The standard InChI is InChI=1S/C16H25BrN2O2/c1-13(5-6-14-7-9-15(17)10-8-14)18-16(20)19(2)11-4-12-21-3/h7-10,13H,4-6,11-12H2,1-3H3,(H,18,20). The second-order valence-electron chi connectivity index (χ2n) is 5.28. The van der Waals surface area contributed by atoms with Gasteiger partial charge in [-0.15, -0.1) is 0 Å². The van der Waals surface area contributed by atoms with Gasteiger partial charge in [0.25, 0.3) is 0 Å². The molecule has 5 heteroatoms. The van der Waals surface area contributed by atoms with Crippen LogP contribution in [0.1, 0.15) is 25.3 Å². The van der Waals surface area contributed by atoms with Gasteiger partial charge in [0.2, 0.25) is 0 Å². The Hall–Kier alpha value is -1.07. The number of benzene rings is 1. The quantitative estimate of drug-likeness (QED) is 0.724. The van der Waals surface area contributed by atoms with E-state index in [0.29, 0.717) is 13.2 Å². The highest BCUT2D eigenvalue weighted by Crippen LogP contribution is 2.12. The summed E-state index contributed by atoms with van der Waals surface area (Å²) in [6.07, 6.45) is 2.75. The Labute approximate surface area is 136 Å². The van der Waals surface area contributed by atoms with E-state index in [1.807, 2.05) is 26.1 Å². The number of amides is 2. The van der Waals surface area contributed by atoms with Crippen LogP contribution >= 0.6 is 15.9 Å². The predicted octanol–water partition coefficient (Wildman–Crippen LogP) is 3.45. The fourth-order valence-electron chi connectivity index (χ4n) is 1.97. The molecule has 0 radical (unpaired) electrons. The molecule has 2 amide bonds. The number of urea groups is 1. The van der Waals surface area contributed by atoms with E-state index in [0.717, 1.165) is 23.7 Å². The molecule has 21 heavy (non-hydrogen) atoms. The number of hydrogen-bond donors (Lipinski definition) is 1. The minimum atomic E-state index is -0.0191. The number of ether oxygens (including phenoxy) is 1. The molecular formula is C16H25BrN2O2. The fraction of sp³-hybridized carbons (Fsp3) is 0.562. The Kier molecular flexibility index (Phi) is 8.38. The number of nitrogens with zero attached hydrogens (tertiary/aromatic N) is 1. The minimum Gasteiger partial charge on any atom is -0.385 e. The van der Waals surface area contributed by atoms with Gasteiger partial charge in [-0.25, -0.2) is 4.79 Å². The first-order valence-corrected chi connectivity index (χ1v) is 8.07. The van der Waals surface area contributed by atoms with Crippen molar-refractivity contribution in [3.05, 3.63) is 34.3 Å². The molecule has 0 heterocycles. The smallest absolute Gasteiger partial charge is 0.317 e. The highest BCUT2D eigenvalue weighted by atomic mass is 79.9. The molecule has 1 N–H and O–H groups in total. The van der Waals surface area contributed by atoms with Crippen LogP contribution in [0.2, 0.25) is 0 Å². The van der Waals surface area contributed by atoms with E-state index in [1.165, 1.54) is 5.56 Å². The lowest BCUT2D eigenvalue weighted by Gasteiger charge is -2.21. The molecular weight excluding hydrogens is 332 g/mol. The maximum absolute atomic E-state index is 12.0. The summed E-state index contributed by atoms with van der Waals surface area (Å²) >= 11 is 3.43. The van der Waals surface area contributed by atoms with Crippen LogP contribution in [-0.4, -0.2) is 44.3 Å². The second kappa shape index (κ2) is 9.79. The molecule has 0 aromatic heterocycles. The van der Waals surface area contributed by atoms with Gasteiger partial charge in [0.1, 0.15) is 0 Å². The molecule has 0 aliphatic heterocycles. The van der Waals surface area contributed by atoms with Crippen LogP contribution in [0, 0.1) is 0 Å². The van der Waals surface area contributed by atoms with E-state index in [2.05, 4.69) is 33.4 Å². The molecule has 118 valence electrons. The summed E-state index contributed by atoms with van der Waals surface area (Å²) in [5, 5.41) is 3.03. The number of rotatable bonds is 8. The molecule has 1 aromatic rings. The number of carbonyl (C=O) groups is 1. The number of methoxy groups -OCH3 is 1. The average molecular weight is 357 g/mol. The number of nitrogens with one attached hydrogen (secondary N) is 1. The Morgan fingerprint density at radius 3 is 2.67 bits per heavy atom. The summed E-state index contributed by atoms with van der Waals surface area (Å²) in [4.78, 5) is 13.7. The van der Waals surface area contributed by atoms with Crippen molar-refractivity contribution in [3.8, 4) is 0 Å². The first kappa shape index (κ1) is 18.0. The molecule has 4 nitrogen and oxygen atoms in total. The Morgan fingerprint density at radius 2 is 2.05 bits per heavy atom. The second-order valence-corrected chi connectivity index (χ2v) is 6.20. The first-order chi connectivity index (χ1) is 10.0. The van der Waals surface area contributed by atoms with Crippen molar-refractivity contribution in [2.75, 3.05) is 27.3 Å².